The summed E-state index contributed by atoms with van der Waals surface area (Å²) in [6.45, 7) is 4.80. The number of rotatable bonds is 7. The average Bonchev–Trinajstić information content (AvgIpc) is 2.40. The minimum Gasteiger partial charge on any atom is -0.435 e. The van der Waals surface area contributed by atoms with Crippen molar-refractivity contribution >= 4 is 11.6 Å². The molecule has 21 heavy (non-hydrogen) atoms. The average molecular weight is 300 g/mol. The summed E-state index contributed by atoms with van der Waals surface area (Å²) in [6.07, 6.45) is 0.825. The van der Waals surface area contributed by atoms with Gasteiger partial charge in [0.05, 0.1) is 0 Å². The summed E-state index contributed by atoms with van der Waals surface area (Å²) in [5.74, 6) is -0.0328. The number of carbonyl (C=O) groups excluding carboxylic acids is 1. The zero-order valence-electron chi connectivity index (χ0n) is 12.7. The fourth-order valence-corrected chi connectivity index (χ4v) is 1.58. The summed E-state index contributed by atoms with van der Waals surface area (Å²) in [6, 6.07) is 5.60. The van der Waals surface area contributed by atoms with E-state index in [0.717, 1.165) is 6.42 Å². The van der Waals surface area contributed by atoms with Crippen molar-refractivity contribution < 1.29 is 18.3 Å². The largest absolute Gasteiger partial charge is 0.435 e. The van der Waals surface area contributed by atoms with Crippen LogP contribution < -0.4 is 15.4 Å². The van der Waals surface area contributed by atoms with Gasteiger partial charge in [0.15, 0.2) is 0 Å². The Labute approximate surface area is 123 Å². The van der Waals surface area contributed by atoms with Crippen molar-refractivity contribution in [3.05, 3.63) is 24.3 Å². The Bertz CT molecular complexity index is 461. The number of benzene rings is 1. The zero-order chi connectivity index (χ0) is 16.0. The van der Waals surface area contributed by atoms with E-state index in [0.29, 0.717) is 5.69 Å². The highest BCUT2D eigenvalue weighted by molar-refractivity contribution is 5.84. The predicted octanol–water partition coefficient (Wildman–Crippen LogP) is 3.39. The molecule has 0 heterocycles. The first-order valence-electron chi connectivity index (χ1n) is 6.87. The Morgan fingerprint density at radius 2 is 1.86 bits per heavy atom. The SMILES string of the molecule is CCC(C)(C)NC(=O)C(C)Nc1ccc(OC(F)F)cc1. The Kier molecular flexibility index (Phi) is 5.93. The van der Waals surface area contributed by atoms with Crippen molar-refractivity contribution in [2.45, 2.75) is 52.3 Å². The van der Waals surface area contributed by atoms with Crippen molar-refractivity contribution in [1.29, 1.82) is 0 Å². The standard InChI is InChI=1S/C15H22F2N2O2/c1-5-15(3,4)19-13(20)10(2)18-11-6-8-12(9-7-11)21-14(16)17/h6-10,14,18H,5H2,1-4H3,(H,19,20). The van der Waals surface area contributed by atoms with Crippen LogP contribution in [0.4, 0.5) is 14.5 Å². The van der Waals surface area contributed by atoms with Crippen molar-refractivity contribution in [2.24, 2.45) is 0 Å². The van der Waals surface area contributed by atoms with Crippen molar-refractivity contribution in [1.82, 2.24) is 5.32 Å². The van der Waals surface area contributed by atoms with Gasteiger partial charge in [-0.05, 0) is 51.5 Å². The molecule has 0 aromatic heterocycles. The third kappa shape index (κ3) is 5.97. The van der Waals surface area contributed by atoms with Gasteiger partial charge in [-0.15, -0.1) is 0 Å². The van der Waals surface area contributed by atoms with Gasteiger partial charge in [-0.25, -0.2) is 0 Å². The van der Waals surface area contributed by atoms with Crippen LogP contribution in [0.25, 0.3) is 0 Å². The number of hydrogen-bond donors (Lipinski definition) is 2. The van der Waals surface area contributed by atoms with Gasteiger partial charge in [-0.3, -0.25) is 4.79 Å². The summed E-state index contributed by atoms with van der Waals surface area (Å²) < 4.78 is 28.3. The molecular formula is C15H22F2N2O2. The van der Waals surface area contributed by atoms with Gasteiger partial charge in [0, 0.05) is 11.2 Å². The van der Waals surface area contributed by atoms with Crippen LogP contribution in [0.15, 0.2) is 24.3 Å². The van der Waals surface area contributed by atoms with Crippen LogP contribution in [-0.4, -0.2) is 24.1 Å². The first-order valence-corrected chi connectivity index (χ1v) is 6.87. The molecule has 0 aliphatic carbocycles. The van der Waals surface area contributed by atoms with E-state index in [1.807, 2.05) is 20.8 Å². The maximum atomic E-state index is 12.0. The van der Waals surface area contributed by atoms with Crippen LogP contribution in [0.3, 0.4) is 0 Å². The van der Waals surface area contributed by atoms with Crippen LogP contribution in [-0.2, 0) is 4.79 Å². The topological polar surface area (TPSA) is 50.4 Å². The lowest BCUT2D eigenvalue weighted by Gasteiger charge is -2.27. The summed E-state index contributed by atoms with van der Waals surface area (Å²) >= 11 is 0. The van der Waals surface area contributed by atoms with Crippen LogP contribution >= 0.6 is 0 Å². The maximum absolute atomic E-state index is 12.0. The van der Waals surface area contributed by atoms with E-state index in [1.54, 1.807) is 19.1 Å². The fourth-order valence-electron chi connectivity index (χ4n) is 1.58. The molecule has 2 N–H and O–H groups in total. The molecule has 0 aliphatic rings. The summed E-state index contributed by atoms with van der Waals surface area (Å²) in [5, 5.41) is 5.95. The number of hydrogen-bond acceptors (Lipinski definition) is 3. The Balaban J connectivity index is 2.58. The van der Waals surface area contributed by atoms with Crippen molar-refractivity contribution in [3.63, 3.8) is 0 Å². The molecule has 1 amide bonds. The number of carbonyl (C=O) groups is 1. The van der Waals surface area contributed by atoms with Gasteiger partial charge in [0.25, 0.3) is 0 Å². The Morgan fingerprint density at radius 1 is 1.29 bits per heavy atom. The van der Waals surface area contributed by atoms with Crippen molar-refractivity contribution in [2.75, 3.05) is 5.32 Å². The molecule has 1 unspecified atom stereocenters. The van der Waals surface area contributed by atoms with Gasteiger partial charge in [0.2, 0.25) is 5.91 Å². The smallest absolute Gasteiger partial charge is 0.387 e. The second-order valence-corrected chi connectivity index (χ2v) is 5.50. The molecule has 1 aromatic rings. The highest BCUT2D eigenvalue weighted by Crippen LogP contribution is 2.18. The number of halogens is 2. The molecule has 1 aromatic carbocycles. The van der Waals surface area contributed by atoms with Gasteiger partial charge in [-0.1, -0.05) is 6.92 Å². The summed E-state index contributed by atoms with van der Waals surface area (Å²) in [5.41, 5.74) is 0.399. The van der Waals surface area contributed by atoms with E-state index in [2.05, 4.69) is 15.4 Å². The van der Waals surface area contributed by atoms with E-state index < -0.39 is 12.7 Å². The molecule has 1 rings (SSSR count). The molecule has 0 saturated heterocycles. The van der Waals surface area contributed by atoms with Gasteiger partial charge in [0.1, 0.15) is 11.8 Å². The lowest BCUT2D eigenvalue weighted by Crippen LogP contribution is -2.48. The molecule has 0 bridgehead atoms. The second-order valence-electron chi connectivity index (χ2n) is 5.50. The first-order chi connectivity index (χ1) is 9.73. The molecule has 0 fully saturated rings. The number of anilines is 1. The highest BCUT2D eigenvalue weighted by Gasteiger charge is 2.21. The molecule has 0 saturated carbocycles. The Hall–Kier alpha value is -1.85. The molecule has 118 valence electrons. The normalized spacial score (nSPS) is 12.9. The molecule has 0 spiro atoms. The molecule has 1 atom stereocenters. The number of alkyl halides is 2. The molecule has 4 nitrogen and oxygen atoms in total. The van der Waals surface area contributed by atoms with Crippen LogP contribution in [0, 0.1) is 0 Å². The molecule has 0 aliphatic heterocycles. The molecule has 0 radical (unpaired) electrons. The quantitative estimate of drug-likeness (QED) is 0.811. The fraction of sp³-hybridized carbons (Fsp3) is 0.533. The van der Waals surface area contributed by atoms with E-state index >= 15 is 0 Å². The lowest BCUT2D eigenvalue weighted by atomic mass is 10.0. The van der Waals surface area contributed by atoms with Crippen molar-refractivity contribution in [3.8, 4) is 5.75 Å². The second kappa shape index (κ2) is 7.24. The number of nitrogens with one attached hydrogen (secondary N) is 2. The van der Waals surface area contributed by atoms with E-state index in [1.165, 1.54) is 12.1 Å². The maximum Gasteiger partial charge on any atom is 0.387 e. The van der Waals surface area contributed by atoms with Gasteiger partial charge >= 0.3 is 6.61 Å². The summed E-state index contributed by atoms with van der Waals surface area (Å²) in [7, 11) is 0. The number of ether oxygens (including phenoxy) is 1. The van der Waals surface area contributed by atoms with Gasteiger partial charge < -0.3 is 15.4 Å². The zero-order valence-corrected chi connectivity index (χ0v) is 12.7. The van der Waals surface area contributed by atoms with Crippen LogP contribution in [0.2, 0.25) is 0 Å². The van der Waals surface area contributed by atoms with Crippen LogP contribution in [0.5, 0.6) is 5.75 Å². The minimum atomic E-state index is -2.84. The Morgan fingerprint density at radius 3 is 2.33 bits per heavy atom. The minimum absolute atomic E-state index is 0.0831. The predicted molar refractivity (Wildman–Crippen MR) is 78.7 cm³/mol. The summed E-state index contributed by atoms with van der Waals surface area (Å²) in [4.78, 5) is 12.0. The van der Waals surface area contributed by atoms with Crippen LogP contribution in [0.1, 0.15) is 34.1 Å². The number of amides is 1. The third-order valence-electron chi connectivity index (χ3n) is 3.20. The van der Waals surface area contributed by atoms with E-state index in [-0.39, 0.29) is 17.2 Å². The van der Waals surface area contributed by atoms with E-state index in [9.17, 15) is 13.6 Å². The monoisotopic (exact) mass is 300 g/mol. The third-order valence-corrected chi connectivity index (χ3v) is 3.20. The first kappa shape index (κ1) is 17.2. The van der Waals surface area contributed by atoms with E-state index in [4.69, 9.17) is 0 Å². The highest BCUT2D eigenvalue weighted by atomic mass is 19.3. The van der Waals surface area contributed by atoms with Gasteiger partial charge in [-0.2, -0.15) is 8.78 Å². The molecule has 6 heteroatoms. The lowest BCUT2D eigenvalue weighted by molar-refractivity contribution is -0.123. The molecular weight excluding hydrogens is 278 g/mol.